The van der Waals surface area contributed by atoms with Crippen molar-refractivity contribution in [2.45, 2.75) is 18.8 Å². The zero-order chi connectivity index (χ0) is 17.4. The zero-order valence-electron chi connectivity index (χ0n) is 13.3. The van der Waals surface area contributed by atoms with E-state index in [1.54, 1.807) is 16.9 Å². The molecule has 0 saturated heterocycles. The van der Waals surface area contributed by atoms with Gasteiger partial charge in [-0.2, -0.15) is 5.10 Å². The Kier molecular flexibility index (Phi) is 3.85. The number of amides is 2. The molecule has 0 spiro atoms. The minimum absolute atomic E-state index is 0.0697. The molecule has 1 aliphatic carbocycles. The van der Waals surface area contributed by atoms with Crippen LogP contribution in [0.25, 0.3) is 5.69 Å². The maximum atomic E-state index is 12.5. The third-order valence-electron chi connectivity index (χ3n) is 4.15. The van der Waals surface area contributed by atoms with Crippen LogP contribution in [0.15, 0.2) is 48.0 Å². The SMILES string of the molecule is NC(=O)c1ccn(-c2ccc(NC(=O)c3sccc3C3CC3)cc2)n1. The fourth-order valence-electron chi connectivity index (χ4n) is 2.70. The summed E-state index contributed by atoms with van der Waals surface area (Å²) in [5.41, 5.74) is 8.07. The van der Waals surface area contributed by atoms with Gasteiger partial charge in [-0.3, -0.25) is 9.59 Å². The highest BCUT2D eigenvalue weighted by atomic mass is 32.1. The predicted molar refractivity (Wildman–Crippen MR) is 96.3 cm³/mol. The highest BCUT2D eigenvalue weighted by molar-refractivity contribution is 7.12. The zero-order valence-corrected chi connectivity index (χ0v) is 14.1. The van der Waals surface area contributed by atoms with Gasteiger partial charge in [0, 0.05) is 11.9 Å². The van der Waals surface area contributed by atoms with E-state index >= 15 is 0 Å². The lowest BCUT2D eigenvalue weighted by molar-refractivity contribution is 0.0993. The molecular weight excluding hydrogens is 336 g/mol. The maximum Gasteiger partial charge on any atom is 0.269 e. The number of benzene rings is 1. The molecule has 3 aromatic rings. The molecule has 0 unspecified atom stereocenters. The summed E-state index contributed by atoms with van der Waals surface area (Å²) in [5.74, 6) is -0.0848. The van der Waals surface area contributed by atoms with Crippen molar-refractivity contribution < 1.29 is 9.59 Å². The average molecular weight is 352 g/mol. The van der Waals surface area contributed by atoms with Crippen LogP contribution in [0.2, 0.25) is 0 Å². The van der Waals surface area contributed by atoms with Gasteiger partial charge in [-0.05, 0) is 66.1 Å². The van der Waals surface area contributed by atoms with Crippen molar-refractivity contribution in [1.29, 1.82) is 0 Å². The van der Waals surface area contributed by atoms with Gasteiger partial charge in [0.1, 0.15) is 5.69 Å². The van der Waals surface area contributed by atoms with E-state index in [0.29, 0.717) is 11.6 Å². The second-order valence-electron chi connectivity index (χ2n) is 5.99. The molecule has 2 amide bonds. The van der Waals surface area contributed by atoms with E-state index in [2.05, 4.69) is 10.4 Å². The third kappa shape index (κ3) is 3.18. The molecule has 0 atom stereocenters. The largest absolute Gasteiger partial charge is 0.364 e. The first-order chi connectivity index (χ1) is 12.1. The van der Waals surface area contributed by atoms with E-state index in [4.69, 9.17) is 5.73 Å². The predicted octanol–water partition coefficient (Wildman–Crippen LogP) is 3.16. The lowest BCUT2D eigenvalue weighted by Crippen LogP contribution is -2.12. The van der Waals surface area contributed by atoms with Gasteiger partial charge in [0.2, 0.25) is 0 Å². The van der Waals surface area contributed by atoms with Gasteiger partial charge in [0.25, 0.3) is 11.8 Å². The molecule has 1 saturated carbocycles. The van der Waals surface area contributed by atoms with Crippen molar-refractivity contribution >= 4 is 28.8 Å². The minimum atomic E-state index is -0.565. The summed E-state index contributed by atoms with van der Waals surface area (Å²) in [6.07, 6.45) is 4.01. The number of hydrogen-bond acceptors (Lipinski definition) is 4. The van der Waals surface area contributed by atoms with Crippen molar-refractivity contribution in [2.75, 3.05) is 5.32 Å². The normalized spacial score (nSPS) is 13.6. The number of carbonyl (C=O) groups is 2. The number of thiophene rings is 1. The Bertz CT molecular complexity index is 938. The molecule has 6 nitrogen and oxygen atoms in total. The van der Waals surface area contributed by atoms with E-state index in [0.717, 1.165) is 16.1 Å². The van der Waals surface area contributed by atoms with E-state index in [1.165, 1.54) is 24.2 Å². The van der Waals surface area contributed by atoms with Gasteiger partial charge in [-0.1, -0.05) is 0 Å². The lowest BCUT2D eigenvalue weighted by atomic mass is 10.1. The van der Waals surface area contributed by atoms with Gasteiger partial charge < -0.3 is 11.1 Å². The second-order valence-corrected chi connectivity index (χ2v) is 6.91. The molecule has 2 heterocycles. The third-order valence-corrected chi connectivity index (χ3v) is 5.08. The Labute approximate surface area is 148 Å². The number of rotatable bonds is 5. The molecule has 126 valence electrons. The average Bonchev–Trinajstić information content (AvgIpc) is 3.13. The van der Waals surface area contributed by atoms with Gasteiger partial charge in [0.05, 0.1) is 10.6 Å². The Morgan fingerprint density at radius 2 is 1.92 bits per heavy atom. The number of anilines is 1. The summed E-state index contributed by atoms with van der Waals surface area (Å²) >= 11 is 1.48. The molecule has 0 radical (unpaired) electrons. The van der Waals surface area contributed by atoms with Gasteiger partial charge >= 0.3 is 0 Å². The van der Waals surface area contributed by atoms with E-state index < -0.39 is 5.91 Å². The Balaban J connectivity index is 1.49. The van der Waals surface area contributed by atoms with Crippen LogP contribution in [0.5, 0.6) is 0 Å². The molecule has 2 aromatic heterocycles. The molecule has 3 N–H and O–H groups in total. The molecule has 1 aliphatic rings. The molecule has 1 fully saturated rings. The van der Waals surface area contributed by atoms with Crippen LogP contribution in [0.1, 0.15) is 44.5 Å². The minimum Gasteiger partial charge on any atom is -0.364 e. The summed E-state index contributed by atoms with van der Waals surface area (Å²) in [6.45, 7) is 0. The number of nitrogens with two attached hydrogens (primary N) is 1. The Morgan fingerprint density at radius 3 is 2.56 bits per heavy atom. The number of aromatic nitrogens is 2. The quantitative estimate of drug-likeness (QED) is 0.739. The monoisotopic (exact) mass is 352 g/mol. The van der Waals surface area contributed by atoms with Crippen LogP contribution >= 0.6 is 11.3 Å². The fourth-order valence-corrected chi connectivity index (χ4v) is 3.58. The topological polar surface area (TPSA) is 90.0 Å². The molecule has 1 aromatic carbocycles. The number of primary amides is 1. The maximum absolute atomic E-state index is 12.5. The van der Waals surface area contributed by atoms with Crippen molar-refractivity contribution in [1.82, 2.24) is 9.78 Å². The first kappa shape index (κ1) is 15.6. The van der Waals surface area contributed by atoms with E-state index in [-0.39, 0.29) is 11.6 Å². The molecule has 4 rings (SSSR count). The van der Waals surface area contributed by atoms with Crippen LogP contribution in [0, 0.1) is 0 Å². The van der Waals surface area contributed by atoms with Crippen LogP contribution in [-0.4, -0.2) is 21.6 Å². The fraction of sp³-hybridized carbons (Fsp3) is 0.167. The summed E-state index contributed by atoms with van der Waals surface area (Å²) in [4.78, 5) is 24.4. The van der Waals surface area contributed by atoms with Crippen molar-refractivity contribution in [2.24, 2.45) is 5.73 Å². The lowest BCUT2D eigenvalue weighted by Gasteiger charge is -2.07. The first-order valence-electron chi connectivity index (χ1n) is 7.96. The van der Waals surface area contributed by atoms with Gasteiger partial charge in [-0.15, -0.1) is 11.3 Å². The van der Waals surface area contributed by atoms with Crippen LogP contribution in [0.4, 0.5) is 5.69 Å². The van der Waals surface area contributed by atoms with Crippen molar-refractivity contribution in [3.8, 4) is 5.69 Å². The van der Waals surface area contributed by atoms with E-state index in [1.807, 2.05) is 35.7 Å². The number of hydrogen-bond donors (Lipinski definition) is 2. The summed E-state index contributed by atoms with van der Waals surface area (Å²) in [5, 5.41) is 9.01. The summed E-state index contributed by atoms with van der Waals surface area (Å²) < 4.78 is 1.57. The number of carbonyl (C=O) groups excluding carboxylic acids is 2. The molecule has 7 heteroatoms. The van der Waals surface area contributed by atoms with Crippen molar-refractivity contribution in [3.63, 3.8) is 0 Å². The number of nitrogens with zero attached hydrogens (tertiary/aromatic N) is 2. The second kappa shape index (κ2) is 6.18. The Hall–Kier alpha value is -2.93. The Morgan fingerprint density at radius 1 is 1.16 bits per heavy atom. The summed E-state index contributed by atoms with van der Waals surface area (Å²) in [6, 6.07) is 10.9. The van der Waals surface area contributed by atoms with Crippen LogP contribution in [0.3, 0.4) is 0 Å². The standard InChI is InChI=1S/C18H16N4O2S/c19-17(23)15-7-9-22(21-15)13-5-3-12(4-6-13)20-18(24)16-14(8-10-25-16)11-1-2-11/h3-11H,1-2H2,(H2,19,23)(H,20,24). The van der Waals surface area contributed by atoms with Gasteiger partial charge in [-0.25, -0.2) is 4.68 Å². The highest BCUT2D eigenvalue weighted by Gasteiger charge is 2.28. The molecule has 25 heavy (non-hydrogen) atoms. The number of nitrogens with one attached hydrogen (secondary N) is 1. The highest BCUT2D eigenvalue weighted by Crippen LogP contribution is 2.43. The van der Waals surface area contributed by atoms with Crippen LogP contribution in [-0.2, 0) is 0 Å². The van der Waals surface area contributed by atoms with Crippen LogP contribution < -0.4 is 11.1 Å². The van der Waals surface area contributed by atoms with E-state index in [9.17, 15) is 9.59 Å². The van der Waals surface area contributed by atoms with Gasteiger partial charge in [0.15, 0.2) is 0 Å². The van der Waals surface area contributed by atoms with Crippen molar-refractivity contribution in [3.05, 3.63) is 64.1 Å². The summed E-state index contributed by atoms with van der Waals surface area (Å²) in [7, 11) is 0. The molecular formula is C18H16N4O2S. The first-order valence-corrected chi connectivity index (χ1v) is 8.84. The molecule has 0 bridgehead atoms. The molecule has 0 aliphatic heterocycles. The smallest absolute Gasteiger partial charge is 0.269 e.